The SMILES string of the molecule is COc1ccc(N2CCCN(C(=O)c3ccc(OC)c(S(=O)(=O)NC4CC4)c3)CC2)cc1. The molecule has 0 spiro atoms. The Bertz CT molecular complexity index is 1070. The highest BCUT2D eigenvalue weighted by molar-refractivity contribution is 7.89. The van der Waals surface area contributed by atoms with Gasteiger partial charge in [0.05, 0.1) is 14.2 Å². The first kappa shape index (κ1) is 22.4. The summed E-state index contributed by atoms with van der Waals surface area (Å²) in [7, 11) is -0.681. The average Bonchev–Trinajstić information content (AvgIpc) is 3.64. The van der Waals surface area contributed by atoms with Crippen molar-refractivity contribution in [3.05, 3.63) is 48.0 Å². The van der Waals surface area contributed by atoms with E-state index in [-0.39, 0.29) is 22.6 Å². The highest BCUT2D eigenvalue weighted by Gasteiger charge is 2.31. The van der Waals surface area contributed by atoms with Gasteiger partial charge in [-0.2, -0.15) is 0 Å². The van der Waals surface area contributed by atoms with Gasteiger partial charge in [-0.1, -0.05) is 0 Å². The minimum absolute atomic E-state index is 0.00688. The molecule has 9 heteroatoms. The highest BCUT2D eigenvalue weighted by Crippen LogP contribution is 2.29. The molecule has 8 nitrogen and oxygen atoms in total. The Labute approximate surface area is 189 Å². The lowest BCUT2D eigenvalue weighted by Gasteiger charge is -2.24. The van der Waals surface area contributed by atoms with E-state index in [1.165, 1.54) is 13.2 Å². The molecule has 0 atom stereocenters. The van der Waals surface area contributed by atoms with Gasteiger partial charge in [0.15, 0.2) is 0 Å². The molecule has 4 rings (SSSR count). The molecule has 0 aromatic heterocycles. The molecule has 0 bridgehead atoms. The van der Waals surface area contributed by atoms with E-state index in [1.807, 2.05) is 24.3 Å². The maximum absolute atomic E-state index is 13.2. The molecule has 2 aromatic rings. The number of anilines is 1. The average molecular weight is 460 g/mol. The molecule has 1 saturated heterocycles. The number of rotatable bonds is 7. The zero-order valence-corrected chi connectivity index (χ0v) is 19.2. The van der Waals surface area contributed by atoms with E-state index >= 15 is 0 Å². The summed E-state index contributed by atoms with van der Waals surface area (Å²) in [5.41, 5.74) is 1.43. The Hall–Kier alpha value is -2.78. The largest absolute Gasteiger partial charge is 0.497 e. The zero-order valence-electron chi connectivity index (χ0n) is 18.4. The van der Waals surface area contributed by atoms with E-state index in [2.05, 4.69) is 9.62 Å². The van der Waals surface area contributed by atoms with Crippen molar-refractivity contribution < 1.29 is 22.7 Å². The second-order valence-corrected chi connectivity index (χ2v) is 9.77. The van der Waals surface area contributed by atoms with Crippen LogP contribution in [0.4, 0.5) is 5.69 Å². The van der Waals surface area contributed by atoms with Gasteiger partial charge in [-0.25, -0.2) is 13.1 Å². The molecule has 0 unspecified atom stereocenters. The minimum Gasteiger partial charge on any atom is -0.497 e. The summed E-state index contributed by atoms with van der Waals surface area (Å²) in [5, 5.41) is 0. The number of hydrogen-bond acceptors (Lipinski definition) is 6. The van der Waals surface area contributed by atoms with Gasteiger partial charge in [0.2, 0.25) is 10.0 Å². The van der Waals surface area contributed by atoms with Gasteiger partial charge in [0.25, 0.3) is 5.91 Å². The van der Waals surface area contributed by atoms with Crippen molar-refractivity contribution in [2.45, 2.75) is 30.2 Å². The van der Waals surface area contributed by atoms with Crippen molar-refractivity contribution in [3.8, 4) is 11.5 Å². The van der Waals surface area contributed by atoms with Crippen LogP contribution in [-0.2, 0) is 10.0 Å². The van der Waals surface area contributed by atoms with E-state index in [9.17, 15) is 13.2 Å². The quantitative estimate of drug-likeness (QED) is 0.685. The second kappa shape index (κ2) is 9.38. The number of nitrogens with zero attached hydrogens (tertiary/aromatic N) is 2. The van der Waals surface area contributed by atoms with Gasteiger partial charge >= 0.3 is 0 Å². The molecular weight excluding hydrogens is 430 g/mol. The van der Waals surface area contributed by atoms with Gasteiger partial charge < -0.3 is 19.3 Å². The molecule has 1 saturated carbocycles. The topological polar surface area (TPSA) is 88.2 Å². The van der Waals surface area contributed by atoms with Crippen molar-refractivity contribution >= 4 is 21.6 Å². The molecule has 1 N–H and O–H groups in total. The van der Waals surface area contributed by atoms with Crippen molar-refractivity contribution in [3.63, 3.8) is 0 Å². The Morgan fingerprint density at radius 3 is 2.38 bits per heavy atom. The number of nitrogens with one attached hydrogen (secondary N) is 1. The van der Waals surface area contributed by atoms with Crippen LogP contribution >= 0.6 is 0 Å². The molecular formula is C23H29N3O5S. The van der Waals surface area contributed by atoms with Crippen molar-refractivity contribution in [1.82, 2.24) is 9.62 Å². The monoisotopic (exact) mass is 459 g/mol. The number of ether oxygens (including phenoxy) is 2. The smallest absolute Gasteiger partial charge is 0.253 e. The molecule has 2 aliphatic rings. The first-order valence-electron chi connectivity index (χ1n) is 10.8. The van der Waals surface area contributed by atoms with Crippen LogP contribution in [0.25, 0.3) is 0 Å². The molecule has 2 fully saturated rings. The fourth-order valence-electron chi connectivity index (χ4n) is 3.86. The Kier molecular flexibility index (Phi) is 6.57. The highest BCUT2D eigenvalue weighted by atomic mass is 32.2. The lowest BCUT2D eigenvalue weighted by atomic mass is 10.2. The number of hydrogen-bond donors (Lipinski definition) is 1. The van der Waals surface area contributed by atoms with E-state index in [0.717, 1.165) is 37.2 Å². The molecule has 0 radical (unpaired) electrons. The van der Waals surface area contributed by atoms with E-state index in [1.54, 1.807) is 24.1 Å². The number of carbonyl (C=O) groups excluding carboxylic acids is 1. The third kappa shape index (κ3) is 4.99. The van der Waals surface area contributed by atoms with Gasteiger partial charge in [-0.3, -0.25) is 4.79 Å². The zero-order chi connectivity index (χ0) is 22.7. The molecule has 1 amide bonds. The lowest BCUT2D eigenvalue weighted by molar-refractivity contribution is 0.0766. The summed E-state index contributed by atoms with van der Waals surface area (Å²) in [6.45, 7) is 2.70. The summed E-state index contributed by atoms with van der Waals surface area (Å²) >= 11 is 0. The van der Waals surface area contributed by atoms with Crippen LogP contribution in [0, 0.1) is 0 Å². The molecule has 172 valence electrons. The number of amides is 1. The summed E-state index contributed by atoms with van der Waals surface area (Å²) < 4.78 is 38.7. The van der Waals surface area contributed by atoms with E-state index < -0.39 is 10.0 Å². The summed E-state index contributed by atoms with van der Waals surface area (Å²) in [6, 6.07) is 12.5. The first-order valence-corrected chi connectivity index (χ1v) is 12.3. The van der Waals surface area contributed by atoms with Gasteiger partial charge in [0.1, 0.15) is 16.4 Å². The van der Waals surface area contributed by atoms with Crippen molar-refractivity contribution in [2.24, 2.45) is 0 Å². The predicted octanol–water partition coefficient (Wildman–Crippen LogP) is 2.50. The van der Waals surface area contributed by atoms with E-state index in [0.29, 0.717) is 25.2 Å². The van der Waals surface area contributed by atoms with Crippen molar-refractivity contribution in [2.75, 3.05) is 45.3 Å². The first-order chi connectivity index (χ1) is 15.4. The lowest BCUT2D eigenvalue weighted by Crippen LogP contribution is -2.35. The summed E-state index contributed by atoms with van der Waals surface area (Å²) in [4.78, 5) is 17.3. The molecule has 32 heavy (non-hydrogen) atoms. The second-order valence-electron chi connectivity index (χ2n) is 8.09. The predicted molar refractivity (Wildman–Crippen MR) is 122 cm³/mol. The van der Waals surface area contributed by atoms with Gasteiger partial charge in [-0.05, 0) is 61.7 Å². The maximum Gasteiger partial charge on any atom is 0.253 e. The molecule has 2 aromatic carbocycles. The van der Waals surface area contributed by atoms with Crippen LogP contribution in [0.2, 0.25) is 0 Å². The molecule has 1 aliphatic carbocycles. The third-order valence-electron chi connectivity index (χ3n) is 5.82. The summed E-state index contributed by atoms with van der Waals surface area (Å²) in [6.07, 6.45) is 2.49. The van der Waals surface area contributed by atoms with Crippen LogP contribution in [0.5, 0.6) is 11.5 Å². The van der Waals surface area contributed by atoms with Crippen molar-refractivity contribution in [1.29, 1.82) is 0 Å². The van der Waals surface area contributed by atoms with E-state index in [4.69, 9.17) is 9.47 Å². The Morgan fingerprint density at radius 1 is 0.969 bits per heavy atom. The number of benzene rings is 2. The fourth-order valence-corrected chi connectivity index (χ4v) is 5.36. The Morgan fingerprint density at radius 2 is 1.72 bits per heavy atom. The normalized spacial score (nSPS) is 17.1. The number of carbonyl (C=O) groups is 1. The van der Waals surface area contributed by atoms with Gasteiger partial charge in [-0.15, -0.1) is 0 Å². The van der Waals surface area contributed by atoms with Crippen LogP contribution < -0.4 is 19.1 Å². The van der Waals surface area contributed by atoms with Crippen LogP contribution in [-0.4, -0.2) is 65.7 Å². The number of sulfonamides is 1. The Balaban J connectivity index is 1.49. The third-order valence-corrected chi connectivity index (χ3v) is 7.36. The maximum atomic E-state index is 13.2. The van der Waals surface area contributed by atoms with Crippen LogP contribution in [0.15, 0.2) is 47.4 Å². The van der Waals surface area contributed by atoms with Gasteiger partial charge in [0, 0.05) is 43.5 Å². The van der Waals surface area contributed by atoms with Crippen LogP contribution in [0.3, 0.4) is 0 Å². The molecule has 1 heterocycles. The standard InChI is InChI=1S/C23H29N3O5S/c1-30-20-9-7-19(8-10-20)25-12-3-13-26(15-14-25)23(27)17-4-11-21(31-2)22(16-17)32(28,29)24-18-5-6-18/h4,7-11,16,18,24H,3,5-6,12-15H2,1-2H3. The molecule has 1 aliphatic heterocycles. The summed E-state index contributed by atoms with van der Waals surface area (Å²) in [5.74, 6) is 0.866. The van der Waals surface area contributed by atoms with Crippen LogP contribution in [0.1, 0.15) is 29.6 Å². The minimum atomic E-state index is -3.75. The number of methoxy groups -OCH3 is 2. The fraction of sp³-hybridized carbons (Fsp3) is 0.435.